The van der Waals surface area contributed by atoms with Crippen molar-refractivity contribution in [3.63, 3.8) is 0 Å². The lowest BCUT2D eigenvalue weighted by molar-refractivity contribution is -0.145. The molecule has 3 rings (SSSR count). The van der Waals surface area contributed by atoms with Crippen LogP contribution in [-0.2, 0) is 52.8 Å². The molecule has 3 aromatic rings. The average molecular weight is 774 g/mol. The maximum atomic E-state index is 13.5. The molecule has 300 valence electrons. The smallest absolute Gasteiger partial charge is 0.328 e. The molecule has 0 heterocycles. The van der Waals surface area contributed by atoms with E-state index in [0.29, 0.717) is 23.5 Å². The maximum absolute atomic E-state index is 13.5. The second kappa shape index (κ2) is 22.2. The highest BCUT2D eigenvalue weighted by atomic mass is 16.5. The van der Waals surface area contributed by atoms with Crippen LogP contribution < -0.4 is 31.3 Å². The number of carbonyl (C=O) groups is 6. The Morgan fingerprint density at radius 3 is 1.82 bits per heavy atom. The number of aromatic hydroxyl groups is 1. The Morgan fingerprint density at radius 1 is 0.661 bits per heavy atom. The van der Waals surface area contributed by atoms with E-state index in [1.54, 1.807) is 66.7 Å². The molecule has 0 aliphatic carbocycles. The van der Waals surface area contributed by atoms with Crippen LogP contribution in [0.3, 0.4) is 0 Å². The fourth-order valence-corrected chi connectivity index (χ4v) is 5.22. The molecule has 0 saturated carbocycles. The summed E-state index contributed by atoms with van der Waals surface area (Å²) >= 11 is 0. The molecule has 0 aromatic heterocycles. The van der Waals surface area contributed by atoms with Crippen LogP contribution in [0.2, 0.25) is 0 Å². The summed E-state index contributed by atoms with van der Waals surface area (Å²) in [5.74, 6) is -3.74. The number of carbonyl (C=O) groups excluding carboxylic acids is 6. The number of esters is 1. The second-order valence-electron chi connectivity index (χ2n) is 13.4. The quantitative estimate of drug-likeness (QED) is 0.0646. The van der Waals surface area contributed by atoms with E-state index in [0.717, 1.165) is 11.1 Å². The summed E-state index contributed by atoms with van der Waals surface area (Å²) in [6.45, 7) is 6.57. The second-order valence-corrected chi connectivity index (χ2v) is 13.4. The van der Waals surface area contributed by atoms with Crippen LogP contribution in [0.1, 0.15) is 44.4 Å². The Bertz CT molecular complexity index is 1810. The van der Waals surface area contributed by atoms with E-state index in [4.69, 9.17) is 9.47 Å². The molecule has 5 atom stereocenters. The average Bonchev–Trinajstić information content (AvgIpc) is 3.17. The van der Waals surface area contributed by atoms with E-state index >= 15 is 0 Å². The highest BCUT2D eigenvalue weighted by Gasteiger charge is 2.29. The molecule has 5 amide bonds. The summed E-state index contributed by atoms with van der Waals surface area (Å²) in [5.41, 5.74) is 3.13. The van der Waals surface area contributed by atoms with Crippen molar-refractivity contribution >= 4 is 35.5 Å². The molecule has 7 N–H and O–H groups in total. The highest BCUT2D eigenvalue weighted by Crippen LogP contribution is 2.15. The van der Waals surface area contributed by atoms with Crippen molar-refractivity contribution in [2.75, 3.05) is 20.3 Å². The number of ether oxygens (including phenoxy) is 2. The van der Waals surface area contributed by atoms with Crippen molar-refractivity contribution in [2.45, 2.75) is 77.2 Å². The predicted molar refractivity (Wildman–Crippen MR) is 207 cm³/mol. The van der Waals surface area contributed by atoms with Gasteiger partial charge in [0.05, 0.1) is 13.7 Å². The van der Waals surface area contributed by atoms with Crippen molar-refractivity contribution < 1.29 is 48.5 Å². The molecule has 15 nitrogen and oxygen atoms in total. The Balaban J connectivity index is 1.60. The number of hydrogen-bond donors (Lipinski definition) is 7. The van der Waals surface area contributed by atoms with Gasteiger partial charge in [0.1, 0.15) is 48.4 Å². The Labute approximate surface area is 326 Å². The molecule has 3 aromatic carbocycles. The molecule has 0 fully saturated rings. The van der Waals surface area contributed by atoms with Gasteiger partial charge < -0.3 is 46.3 Å². The van der Waals surface area contributed by atoms with Crippen molar-refractivity contribution in [2.24, 2.45) is 0 Å². The first-order valence-corrected chi connectivity index (χ1v) is 18.1. The molecule has 0 saturated heterocycles. The molecule has 56 heavy (non-hydrogen) atoms. The van der Waals surface area contributed by atoms with Crippen LogP contribution in [-0.4, -0.2) is 96.3 Å². The molecule has 0 aliphatic heterocycles. The minimum absolute atomic E-state index is 0.00973. The van der Waals surface area contributed by atoms with Gasteiger partial charge in [0.2, 0.25) is 29.5 Å². The van der Waals surface area contributed by atoms with Gasteiger partial charge in [-0.1, -0.05) is 60.2 Å². The van der Waals surface area contributed by atoms with Crippen molar-refractivity contribution in [1.82, 2.24) is 26.6 Å². The highest BCUT2D eigenvalue weighted by molar-refractivity contribution is 5.95. The van der Waals surface area contributed by atoms with Crippen molar-refractivity contribution in [1.29, 1.82) is 0 Å². The molecule has 0 spiro atoms. The van der Waals surface area contributed by atoms with Gasteiger partial charge in [-0.3, -0.25) is 24.0 Å². The van der Waals surface area contributed by atoms with Gasteiger partial charge in [-0.15, -0.1) is 0 Å². The van der Waals surface area contributed by atoms with E-state index in [-0.39, 0.29) is 25.0 Å². The fraction of sp³-hybridized carbons (Fsp3) is 0.366. The number of allylic oxidation sites excluding steroid dienone is 1. The van der Waals surface area contributed by atoms with Crippen LogP contribution in [0, 0.1) is 0 Å². The Morgan fingerprint density at radius 2 is 1.21 bits per heavy atom. The van der Waals surface area contributed by atoms with E-state index in [1.807, 2.05) is 19.9 Å². The minimum Gasteiger partial charge on any atom is -0.508 e. The van der Waals surface area contributed by atoms with Gasteiger partial charge in [0.25, 0.3) is 0 Å². The van der Waals surface area contributed by atoms with Gasteiger partial charge >= 0.3 is 5.97 Å². The lowest BCUT2D eigenvalue weighted by Crippen LogP contribution is -2.56. The normalized spacial score (nSPS) is 13.3. The number of aliphatic hydroxyl groups is 1. The lowest BCUT2D eigenvalue weighted by atomic mass is 10.0. The fourth-order valence-electron chi connectivity index (χ4n) is 5.22. The number of hydrogen-bond acceptors (Lipinski definition) is 10. The first-order valence-electron chi connectivity index (χ1n) is 18.1. The Hall–Kier alpha value is -6.22. The molecule has 0 unspecified atom stereocenters. The molecular weight excluding hydrogens is 722 g/mol. The van der Waals surface area contributed by atoms with E-state index in [1.165, 1.54) is 33.1 Å². The van der Waals surface area contributed by atoms with Gasteiger partial charge in [-0.25, -0.2) is 4.79 Å². The van der Waals surface area contributed by atoms with Gasteiger partial charge in [-0.2, -0.15) is 0 Å². The van der Waals surface area contributed by atoms with Crippen LogP contribution in [0.5, 0.6) is 11.5 Å². The van der Waals surface area contributed by atoms with E-state index in [2.05, 4.69) is 26.6 Å². The molecule has 15 heteroatoms. The summed E-state index contributed by atoms with van der Waals surface area (Å²) in [4.78, 5) is 77.6. The first-order chi connectivity index (χ1) is 26.6. The van der Waals surface area contributed by atoms with Gasteiger partial charge in [0.15, 0.2) is 0 Å². The number of nitrogens with one attached hydrogen (secondary N) is 5. The number of rotatable bonds is 20. The van der Waals surface area contributed by atoms with Gasteiger partial charge in [0, 0.05) is 19.3 Å². The van der Waals surface area contributed by atoms with Crippen LogP contribution >= 0.6 is 0 Å². The zero-order valence-electron chi connectivity index (χ0n) is 32.2. The monoisotopic (exact) mass is 773 g/mol. The summed E-state index contributed by atoms with van der Waals surface area (Å²) in [7, 11) is 1.19. The van der Waals surface area contributed by atoms with Crippen LogP contribution in [0.4, 0.5) is 0 Å². The first kappa shape index (κ1) is 44.2. The summed E-state index contributed by atoms with van der Waals surface area (Å²) in [6.07, 6.45) is 0.623. The third-order valence-electron chi connectivity index (χ3n) is 8.44. The molecular formula is C41H51N5O10. The SMILES string of the molecule is COC(=O)[C@@H](Cc1ccc(OCC=C(C)C)cc1)NC(=O)[C@@H](C)NC(=O)[C@@H](Cc1ccc(O)cc1)NC(=O)CNC(=O)[C@H](C)NC(=O)[C@@H](O)Cc1ccccc1. The zero-order chi connectivity index (χ0) is 41.2. The number of aliphatic hydroxyl groups excluding tert-OH is 1. The maximum Gasteiger partial charge on any atom is 0.328 e. The van der Waals surface area contributed by atoms with Gasteiger partial charge in [-0.05, 0) is 74.7 Å². The topological polar surface area (TPSA) is 221 Å². The number of benzene rings is 3. The molecule has 0 aliphatic rings. The molecule has 0 bridgehead atoms. The number of phenols is 1. The van der Waals surface area contributed by atoms with Crippen LogP contribution in [0.25, 0.3) is 0 Å². The van der Waals surface area contributed by atoms with Crippen molar-refractivity contribution in [3.05, 3.63) is 107 Å². The summed E-state index contributed by atoms with van der Waals surface area (Å²) < 4.78 is 10.6. The third kappa shape index (κ3) is 15.3. The molecule has 0 radical (unpaired) electrons. The van der Waals surface area contributed by atoms with Crippen LogP contribution in [0.15, 0.2) is 90.5 Å². The number of amides is 5. The number of methoxy groups -OCH3 is 1. The third-order valence-corrected chi connectivity index (χ3v) is 8.44. The summed E-state index contributed by atoms with van der Waals surface area (Å²) in [5, 5.41) is 32.5. The largest absolute Gasteiger partial charge is 0.508 e. The zero-order valence-corrected chi connectivity index (χ0v) is 32.2. The standard InChI is InChI=1S/C41H51N5O10/c1-25(2)19-20-56-32-17-13-30(14-18-32)22-34(41(54)55-5)46-38(51)27(4)43-39(52)33(21-29-11-15-31(47)16-12-29)45-36(49)24-42-37(50)26(3)44-40(53)35(48)23-28-9-7-6-8-10-28/h6-19,26-27,33-35,47-48H,20-24H2,1-5H3,(H,42,50)(H,43,52)(H,44,53)(H,45,49)(H,46,51)/t26-,27+,33+,34+,35-/m0/s1. The van der Waals surface area contributed by atoms with E-state index in [9.17, 15) is 39.0 Å². The minimum atomic E-state index is -1.40. The van der Waals surface area contributed by atoms with E-state index < -0.39 is 72.3 Å². The summed E-state index contributed by atoms with van der Waals surface area (Å²) in [6, 6.07) is 17.2. The van der Waals surface area contributed by atoms with Crippen molar-refractivity contribution in [3.8, 4) is 11.5 Å². The predicted octanol–water partition coefficient (Wildman–Crippen LogP) is 1.39. The lowest BCUT2D eigenvalue weighted by Gasteiger charge is -2.23. The Kier molecular flexibility index (Phi) is 17.5. The number of phenolic OH excluding ortho intramolecular Hbond substituents is 1.